The van der Waals surface area contributed by atoms with Crippen LogP contribution in [0.1, 0.15) is 27.7 Å². The molecule has 0 aromatic rings. The van der Waals surface area contributed by atoms with Crippen LogP contribution in [0.25, 0.3) is 0 Å². The second-order valence-corrected chi connectivity index (χ2v) is 13.4. The van der Waals surface area contributed by atoms with E-state index in [2.05, 4.69) is 39.3 Å². The van der Waals surface area contributed by atoms with Gasteiger partial charge in [-0.3, -0.25) is 0 Å². The summed E-state index contributed by atoms with van der Waals surface area (Å²) in [7, 11) is -2.94. The van der Waals surface area contributed by atoms with Gasteiger partial charge in [-0.05, 0) is 67.0 Å². The first-order chi connectivity index (χ1) is 6.83. The average Bonchev–Trinajstić information content (AvgIpc) is 1.72. The van der Waals surface area contributed by atoms with Gasteiger partial charge < -0.3 is 42.8 Å². The maximum Gasteiger partial charge on any atom is 2.00 e. The molecule has 0 fully saturated rings. The molecule has 4 radical (unpaired) electrons. The van der Waals surface area contributed by atoms with Crippen LogP contribution in [0.3, 0.4) is 0 Å². The van der Waals surface area contributed by atoms with Crippen LogP contribution in [0.4, 0.5) is 0 Å². The van der Waals surface area contributed by atoms with Crippen LogP contribution < -0.4 is 34.0 Å². The molecule has 0 N–H and O–H groups in total. The molecule has 0 bridgehead atoms. The standard InChI is InChI=1S/2C6H15OSi.2BrH.Sn/c2*1-6(2)7-8(3,4)5;;;/h2*6H,3H2,1-2,4-5H3;2*1H;/q;;;;+2/p-2. The van der Waals surface area contributed by atoms with Crippen molar-refractivity contribution in [3.63, 3.8) is 0 Å². The molecule has 0 aromatic heterocycles. The van der Waals surface area contributed by atoms with Crippen molar-refractivity contribution in [1.82, 2.24) is 0 Å². The molecular weight excluding hydrogens is 511 g/mol. The molecule has 0 amide bonds. The second kappa shape index (κ2) is 15.0. The summed E-state index contributed by atoms with van der Waals surface area (Å²) in [5, 5.41) is 0. The molecule has 0 saturated heterocycles. The van der Waals surface area contributed by atoms with Crippen molar-refractivity contribution in [2.45, 2.75) is 66.1 Å². The summed E-state index contributed by atoms with van der Waals surface area (Å²) in [5.74, 6) is 0. The zero-order valence-electron chi connectivity index (χ0n) is 13.6. The maximum atomic E-state index is 5.47. The molecule has 116 valence electrons. The fourth-order valence-corrected chi connectivity index (χ4v) is 3.83. The first kappa shape index (κ1) is 32.9. The van der Waals surface area contributed by atoms with Crippen molar-refractivity contribution in [3.05, 3.63) is 13.1 Å². The Kier molecular flexibility index (Phi) is 26.0. The van der Waals surface area contributed by atoms with Crippen molar-refractivity contribution < 1.29 is 42.8 Å². The summed E-state index contributed by atoms with van der Waals surface area (Å²) in [4.78, 5) is 0. The van der Waals surface area contributed by atoms with Gasteiger partial charge in [-0.25, -0.2) is 0 Å². The fraction of sp³-hybridized carbons (Fsp3) is 0.833. The molecule has 0 aliphatic carbocycles. The molecule has 0 aliphatic heterocycles. The summed E-state index contributed by atoms with van der Waals surface area (Å²) < 4.78 is 10.9. The minimum absolute atomic E-state index is 0. The van der Waals surface area contributed by atoms with Crippen LogP contribution >= 0.6 is 0 Å². The molecule has 0 heterocycles. The number of hydrogen-bond acceptors (Lipinski definition) is 2. The van der Waals surface area contributed by atoms with Gasteiger partial charge in [-0.2, -0.15) is 0 Å². The third-order valence-corrected chi connectivity index (χ3v) is 3.33. The van der Waals surface area contributed by atoms with Gasteiger partial charge in [-0.1, -0.05) is 0 Å². The van der Waals surface area contributed by atoms with E-state index in [1.807, 2.05) is 27.7 Å². The molecule has 0 atom stereocenters. The Labute approximate surface area is 161 Å². The van der Waals surface area contributed by atoms with E-state index in [4.69, 9.17) is 8.85 Å². The molecule has 2 nitrogen and oxygen atoms in total. The van der Waals surface area contributed by atoms with Gasteiger partial charge in [0.2, 0.25) is 0 Å². The number of halogens is 2. The number of rotatable bonds is 4. The quantitative estimate of drug-likeness (QED) is 0.371. The number of hydrogen-bond donors (Lipinski definition) is 0. The normalized spacial score (nSPS) is 10.7. The molecule has 0 unspecified atom stereocenters. The molecule has 0 saturated carbocycles. The van der Waals surface area contributed by atoms with Gasteiger partial charge >= 0.3 is 23.9 Å². The zero-order chi connectivity index (χ0) is 13.6. The molecule has 19 heavy (non-hydrogen) atoms. The predicted molar refractivity (Wildman–Crippen MR) is 83.9 cm³/mol. The molecule has 0 aliphatic rings. The first-order valence-electron chi connectivity index (χ1n) is 5.90. The van der Waals surface area contributed by atoms with Crippen molar-refractivity contribution in [3.8, 4) is 0 Å². The molecule has 7 heteroatoms. The Morgan fingerprint density at radius 3 is 0.842 bits per heavy atom. The van der Waals surface area contributed by atoms with Gasteiger partial charge in [-0.15, -0.1) is 0 Å². The summed E-state index contributed by atoms with van der Waals surface area (Å²) in [6.07, 6.45) is 0.684. The Hall–Kier alpha value is 2.11. The minimum Gasteiger partial charge on any atom is -1.00 e. The van der Waals surface area contributed by atoms with Gasteiger partial charge in [0, 0.05) is 12.2 Å². The molecule has 0 rings (SSSR count). The summed E-state index contributed by atoms with van der Waals surface area (Å²) in [6.45, 7) is 24.4. The van der Waals surface area contributed by atoms with Crippen LogP contribution in [0, 0.1) is 13.1 Å². The summed E-state index contributed by atoms with van der Waals surface area (Å²) in [6, 6.07) is 0. The third kappa shape index (κ3) is 45.0. The van der Waals surface area contributed by atoms with E-state index >= 15 is 0 Å². The zero-order valence-corrected chi connectivity index (χ0v) is 21.7. The van der Waals surface area contributed by atoms with E-state index in [9.17, 15) is 0 Å². The van der Waals surface area contributed by atoms with E-state index in [1.54, 1.807) is 0 Å². The summed E-state index contributed by atoms with van der Waals surface area (Å²) in [5.41, 5.74) is 0. The topological polar surface area (TPSA) is 18.5 Å². The van der Waals surface area contributed by atoms with Crippen LogP contribution in [0.15, 0.2) is 0 Å². The van der Waals surface area contributed by atoms with Crippen LogP contribution in [0.5, 0.6) is 0 Å². The fourth-order valence-electron chi connectivity index (χ4n) is 1.28. The van der Waals surface area contributed by atoms with E-state index in [-0.39, 0.29) is 57.9 Å². The average molecular weight is 541 g/mol. The first-order valence-corrected chi connectivity index (χ1v) is 12.1. The SMILES string of the molecule is [Br-].[Br-].[CH2][Si](C)(C)OC(C)C.[CH2][Si](C)(C)OC(C)C.[Sn+2]. The molecule has 0 spiro atoms. The largest absolute Gasteiger partial charge is 2.00 e. The third-order valence-electron chi connectivity index (χ3n) is 1.11. The van der Waals surface area contributed by atoms with Gasteiger partial charge in [0.25, 0.3) is 0 Å². The van der Waals surface area contributed by atoms with Gasteiger partial charge in [0.15, 0.2) is 16.6 Å². The van der Waals surface area contributed by atoms with Crippen LogP contribution in [-0.4, -0.2) is 52.8 Å². The van der Waals surface area contributed by atoms with Crippen molar-refractivity contribution >= 4 is 40.5 Å². The summed E-state index contributed by atoms with van der Waals surface area (Å²) >= 11 is 0. The Morgan fingerprint density at radius 2 is 0.842 bits per heavy atom. The second-order valence-electron chi connectivity index (χ2n) is 5.85. The Bertz CT molecular complexity index is 162. The molecular formula is C12H30Br2O2Si2Sn. The minimum atomic E-state index is -1.47. The van der Waals surface area contributed by atoms with Gasteiger partial charge in [0.05, 0.1) is 0 Å². The van der Waals surface area contributed by atoms with Crippen LogP contribution in [0.2, 0.25) is 26.2 Å². The smallest absolute Gasteiger partial charge is 1.00 e. The van der Waals surface area contributed by atoms with Gasteiger partial charge in [0.1, 0.15) is 0 Å². The van der Waals surface area contributed by atoms with Crippen molar-refractivity contribution in [2.75, 3.05) is 0 Å². The van der Waals surface area contributed by atoms with E-state index in [0.29, 0.717) is 12.2 Å². The van der Waals surface area contributed by atoms with Crippen molar-refractivity contribution in [2.24, 2.45) is 0 Å². The van der Waals surface area contributed by atoms with Crippen LogP contribution in [-0.2, 0) is 8.85 Å². The van der Waals surface area contributed by atoms with E-state index < -0.39 is 16.6 Å². The monoisotopic (exact) mass is 540 g/mol. The van der Waals surface area contributed by atoms with Crippen molar-refractivity contribution in [1.29, 1.82) is 0 Å². The maximum absolute atomic E-state index is 5.47. The Balaban J connectivity index is -0.0000000594. The van der Waals surface area contributed by atoms with E-state index in [0.717, 1.165) is 0 Å². The van der Waals surface area contributed by atoms with E-state index in [1.165, 1.54) is 0 Å². The Morgan fingerprint density at radius 1 is 0.684 bits per heavy atom. The predicted octanol–water partition coefficient (Wildman–Crippen LogP) is -2.39. The molecule has 0 aromatic carbocycles.